The van der Waals surface area contributed by atoms with Crippen molar-refractivity contribution in [3.05, 3.63) is 111 Å². The molecule has 1 unspecified atom stereocenters. The summed E-state index contributed by atoms with van der Waals surface area (Å²) in [5.74, 6) is -1.82. The third-order valence-corrected chi connectivity index (χ3v) is 7.18. The van der Waals surface area contributed by atoms with Gasteiger partial charge in [0.15, 0.2) is 11.5 Å². The minimum atomic E-state index is -4.75. The van der Waals surface area contributed by atoms with E-state index >= 15 is 0 Å². The van der Waals surface area contributed by atoms with Crippen LogP contribution in [-0.2, 0) is 6.18 Å². The van der Waals surface area contributed by atoms with Crippen molar-refractivity contribution in [2.75, 3.05) is 12.4 Å². The number of halogens is 6. The number of benzene rings is 3. The van der Waals surface area contributed by atoms with Crippen molar-refractivity contribution in [3.63, 3.8) is 0 Å². The van der Waals surface area contributed by atoms with Crippen molar-refractivity contribution in [2.45, 2.75) is 12.2 Å². The topological polar surface area (TPSA) is 83.7 Å². The number of nitrogens with zero attached hydrogens (tertiary/aromatic N) is 4. The highest BCUT2D eigenvalue weighted by Crippen LogP contribution is 2.43. The summed E-state index contributed by atoms with van der Waals surface area (Å²) in [6, 6.07) is 12.0. The monoisotopic (exact) mass is 596 g/mol. The molecule has 3 aromatic carbocycles. The van der Waals surface area contributed by atoms with Gasteiger partial charge >= 0.3 is 6.18 Å². The molecule has 1 amide bonds. The Bertz CT molecular complexity index is 1920. The van der Waals surface area contributed by atoms with E-state index in [2.05, 4.69) is 25.7 Å². The summed E-state index contributed by atoms with van der Waals surface area (Å²) in [6.07, 6.45) is -2.37. The molecule has 0 radical (unpaired) electrons. The average Bonchev–Trinajstić information content (AvgIpc) is 3.56. The van der Waals surface area contributed by atoms with E-state index in [4.69, 9.17) is 11.6 Å². The second-order valence-electron chi connectivity index (χ2n) is 9.44. The molecule has 1 atom stereocenters. The number of aromatic nitrogens is 3. The molecule has 6 rings (SSSR count). The number of amides is 1. The Labute approximate surface area is 239 Å². The highest BCUT2D eigenvalue weighted by atomic mass is 35.5. The van der Waals surface area contributed by atoms with Gasteiger partial charge in [0.2, 0.25) is 0 Å². The van der Waals surface area contributed by atoms with Gasteiger partial charge in [-0.2, -0.15) is 22.8 Å². The number of carbonyl (C=O) groups excluding carboxylic acids is 1. The van der Waals surface area contributed by atoms with Crippen LogP contribution in [0.4, 0.5) is 33.5 Å². The number of aliphatic imine (C=N–C) groups is 1. The second-order valence-corrected chi connectivity index (χ2v) is 9.84. The number of hydrogen-bond donors (Lipinski definition) is 2. The molecule has 3 heterocycles. The van der Waals surface area contributed by atoms with Crippen molar-refractivity contribution in [1.29, 1.82) is 0 Å². The van der Waals surface area contributed by atoms with Gasteiger partial charge in [-0.3, -0.25) is 4.79 Å². The lowest BCUT2D eigenvalue weighted by Gasteiger charge is -2.18. The molecule has 5 aromatic rings. The fourth-order valence-corrected chi connectivity index (χ4v) is 5.20. The molecule has 13 heteroatoms. The van der Waals surface area contributed by atoms with Crippen molar-refractivity contribution in [2.24, 2.45) is 4.99 Å². The van der Waals surface area contributed by atoms with Gasteiger partial charge in [0.25, 0.3) is 5.91 Å². The lowest BCUT2D eigenvalue weighted by atomic mass is 9.93. The predicted octanol–water partition coefficient (Wildman–Crippen LogP) is 6.97. The van der Waals surface area contributed by atoms with E-state index < -0.39 is 35.3 Å². The molecule has 212 valence electrons. The summed E-state index contributed by atoms with van der Waals surface area (Å²) in [5.41, 5.74) is 1.88. The van der Waals surface area contributed by atoms with Crippen LogP contribution in [0.1, 0.15) is 38.7 Å². The standard InChI is InChI=1S/C29H18ClF5N6O/c1-36-23-9-15(8-21-25(23)26(40-28(21)42)20-11-17(31)2-4-22(20)30)19-3-5-24-38-13-39-41(24)27(19)37-12-14-6-16(29(33,34)35)10-18(32)7-14/h2-13,26,36H,1H3,(H,40,42)/b37-12+. The number of anilines is 1. The summed E-state index contributed by atoms with van der Waals surface area (Å²) in [7, 11) is 1.66. The molecule has 42 heavy (non-hydrogen) atoms. The van der Waals surface area contributed by atoms with E-state index in [1.54, 1.807) is 31.3 Å². The van der Waals surface area contributed by atoms with Crippen molar-refractivity contribution < 1.29 is 26.7 Å². The molecule has 0 spiro atoms. The third kappa shape index (κ3) is 4.83. The van der Waals surface area contributed by atoms with Crippen LogP contribution in [-0.4, -0.2) is 33.8 Å². The average molecular weight is 597 g/mol. The maximum absolute atomic E-state index is 14.1. The quantitative estimate of drug-likeness (QED) is 0.170. The Hall–Kier alpha value is -4.84. The molecule has 0 aliphatic carbocycles. The van der Waals surface area contributed by atoms with Gasteiger partial charge in [0.05, 0.1) is 11.6 Å². The number of nitrogens with one attached hydrogen (secondary N) is 2. The van der Waals surface area contributed by atoms with Crippen LogP contribution >= 0.6 is 11.6 Å². The molecule has 0 saturated heterocycles. The highest BCUT2D eigenvalue weighted by molar-refractivity contribution is 6.31. The van der Waals surface area contributed by atoms with Crippen LogP contribution in [0, 0.1) is 11.6 Å². The molecule has 0 saturated carbocycles. The van der Waals surface area contributed by atoms with Crippen LogP contribution < -0.4 is 10.6 Å². The maximum Gasteiger partial charge on any atom is 0.416 e. The lowest BCUT2D eigenvalue weighted by Crippen LogP contribution is -2.20. The van der Waals surface area contributed by atoms with Crippen molar-refractivity contribution in [1.82, 2.24) is 19.9 Å². The van der Waals surface area contributed by atoms with Crippen LogP contribution in [0.5, 0.6) is 0 Å². The van der Waals surface area contributed by atoms with Crippen LogP contribution in [0.3, 0.4) is 0 Å². The van der Waals surface area contributed by atoms with Crippen LogP contribution in [0.15, 0.2) is 72.0 Å². The van der Waals surface area contributed by atoms with Crippen molar-refractivity contribution >= 4 is 40.9 Å². The van der Waals surface area contributed by atoms with E-state index in [0.717, 1.165) is 18.3 Å². The van der Waals surface area contributed by atoms with Gasteiger partial charge in [-0.15, -0.1) is 0 Å². The zero-order valence-electron chi connectivity index (χ0n) is 21.5. The molecule has 0 fully saturated rings. The SMILES string of the molecule is CNc1cc(-c2ccc3ncnn3c2/N=C/c2cc(F)cc(C(F)(F)F)c2)cc2c1C(c1cc(F)ccc1Cl)NC2=O. The lowest BCUT2D eigenvalue weighted by molar-refractivity contribution is -0.137. The zero-order chi connectivity index (χ0) is 29.8. The number of carbonyl (C=O) groups is 1. The fraction of sp³-hybridized carbons (Fsp3) is 0.103. The molecule has 1 aliphatic rings. The summed E-state index contributed by atoms with van der Waals surface area (Å²) in [6.45, 7) is 0. The molecule has 7 nitrogen and oxygen atoms in total. The second kappa shape index (κ2) is 10.2. The van der Waals surface area contributed by atoms with Crippen LogP contribution in [0.2, 0.25) is 5.02 Å². The molecule has 2 aromatic heterocycles. The Morgan fingerprint density at radius 2 is 1.83 bits per heavy atom. The van der Waals surface area contributed by atoms with Gasteiger partial charge in [-0.05, 0) is 71.8 Å². The molecule has 0 bridgehead atoms. The van der Waals surface area contributed by atoms with Gasteiger partial charge in [-0.1, -0.05) is 11.6 Å². The number of hydrogen-bond acceptors (Lipinski definition) is 5. The Morgan fingerprint density at radius 3 is 2.60 bits per heavy atom. The molecular formula is C29H18ClF5N6O. The zero-order valence-corrected chi connectivity index (χ0v) is 22.2. The van der Waals surface area contributed by atoms with E-state index in [1.807, 2.05) is 0 Å². The normalized spacial score (nSPS) is 14.9. The minimum Gasteiger partial charge on any atom is -0.388 e. The largest absolute Gasteiger partial charge is 0.416 e. The summed E-state index contributed by atoms with van der Waals surface area (Å²) < 4.78 is 69.2. The van der Waals surface area contributed by atoms with E-state index in [0.29, 0.717) is 45.2 Å². The van der Waals surface area contributed by atoms with E-state index in [-0.39, 0.29) is 16.4 Å². The van der Waals surface area contributed by atoms with E-state index in [1.165, 1.54) is 29.0 Å². The Morgan fingerprint density at radius 1 is 1.02 bits per heavy atom. The smallest absolute Gasteiger partial charge is 0.388 e. The van der Waals surface area contributed by atoms with Gasteiger partial charge in [-0.25, -0.2) is 18.8 Å². The van der Waals surface area contributed by atoms with Gasteiger partial charge in [0, 0.05) is 46.2 Å². The first-order valence-corrected chi connectivity index (χ1v) is 12.8. The summed E-state index contributed by atoms with van der Waals surface area (Å²) in [4.78, 5) is 21.7. The summed E-state index contributed by atoms with van der Waals surface area (Å²) >= 11 is 6.35. The number of fused-ring (bicyclic) bond motifs is 2. The molecule has 1 aliphatic heterocycles. The number of rotatable bonds is 5. The van der Waals surface area contributed by atoms with Crippen molar-refractivity contribution in [3.8, 4) is 11.1 Å². The number of pyridine rings is 1. The predicted molar refractivity (Wildman–Crippen MR) is 147 cm³/mol. The first-order valence-electron chi connectivity index (χ1n) is 12.4. The van der Waals surface area contributed by atoms with Gasteiger partial charge in [0.1, 0.15) is 18.0 Å². The first-order chi connectivity index (χ1) is 20.0. The minimum absolute atomic E-state index is 0.121. The highest BCUT2D eigenvalue weighted by Gasteiger charge is 2.35. The third-order valence-electron chi connectivity index (χ3n) is 6.84. The Kier molecular flexibility index (Phi) is 6.65. The maximum atomic E-state index is 14.1. The number of alkyl halides is 3. The van der Waals surface area contributed by atoms with Crippen LogP contribution in [0.25, 0.3) is 16.8 Å². The molecular weight excluding hydrogens is 579 g/mol. The van der Waals surface area contributed by atoms with E-state index in [9.17, 15) is 26.7 Å². The Balaban J connectivity index is 1.50. The summed E-state index contributed by atoms with van der Waals surface area (Å²) in [5, 5.41) is 10.4. The fourth-order valence-electron chi connectivity index (χ4n) is 4.97. The first kappa shape index (κ1) is 27.3. The van der Waals surface area contributed by atoms with Gasteiger partial charge < -0.3 is 10.6 Å². The molecule has 2 N–H and O–H groups in total.